The zero-order valence-corrected chi connectivity index (χ0v) is 6.88. The van der Waals surface area contributed by atoms with Gasteiger partial charge in [-0.15, -0.1) is 0 Å². The van der Waals surface area contributed by atoms with Crippen molar-refractivity contribution in [1.29, 1.82) is 0 Å². The van der Waals surface area contributed by atoms with Crippen LogP contribution >= 0.6 is 36.7 Å². The summed E-state index contributed by atoms with van der Waals surface area (Å²) in [6, 6.07) is 0. The summed E-state index contributed by atoms with van der Waals surface area (Å²) in [6.07, 6.45) is 0.608. The van der Waals surface area contributed by atoms with E-state index in [-0.39, 0.29) is 0 Å². The molecule has 48 valence electrons. The summed E-state index contributed by atoms with van der Waals surface area (Å²) >= 11 is 14.5. The largest absolute Gasteiger partial charge is 0.293 e. The molecule has 2 nitrogen and oxygen atoms in total. The molecule has 0 saturated carbocycles. The maximum absolute atomic E-state index is 4.87. The van der Waals surface area contributed by atoms with Crippen molar-refractivity contribution in [2.45, 2.75) is 6.42 Å². The van der Waals surface area contributed by atoms with Crippen molar-refractivity contribution in [2.75, 3.05) is 0 Å². The zero-order chi connectivity index (χ0) is 6.85. The second kappa shape index (κ2) is 2.64. The van der Waals surface area contributed by atoms with Crippen molar-refractivity contribution < 1.29 is 0 Å². The van der Waals surface area contributed by atoms with Crippen LogP contribution in [0.5, 0.6) is 0 Å². The molecule has 0 amide bonds. The van der Waals surface area contributed by atoms with E-state index in [0.29, 0.717) is 21.3 Å². The number of hydrogen-bond donors (Lipinski definition) is 2. The highest BCUT2D eigenvalue weighted by Gasteiger charge is 2.12. The molecule has 5 heteroatoms. The van der Waals surface area contributed by atoms with Gasteiger partial charge in [0.05, 0.1) is 9.85 Å². The van der Waals surface area contributed by atoms with Gasteiger partial charge in [-0.25, -0.2) is 0 Å². The molecular weight excluding hydrogens is 172 g/mol. The van der Waals surface area contributed by atoms with Crippen LogP contribution in [0.3, 0.4) is 0 Å². The van der Waals surface area contributed by atoms with Gasteiger partial charge in [0.15, 0.2) is 0 Å². The molecule has 0 bridgehead atoms. The zero-order valence-electron chi connectivity index (χ0n) is 4.43. The van der Waals surface area contributed by atoms with Gasteiger partial charge < -0.3 is 0 Å². The first-order valence-electron chi connectivity index (χ1n) is 2.32. The van der Waals surface area contributed by atoms with E-state index >= 15 is 0 Å². The average Bonchev–Trinajstić information content (AvgIpc) is 1.80. The molecule has 1 fully saturated rings. The van der Waals surface area contributed by atoms with Gasteiger partial charge in [-0.2, -0.15) is 0 Å². The Labute approximate surface area is 69.0 Å². The van der Waals surface area contributed by atoms with Crippen molar-refractivity contribution in [3.8, 4) is 0 Å². The van der Waals surface area contributed by atoms with Gasteiger partial charge in [0.25, 0.3) is 0 Å². The third kappa shape index (κ3) is 1.64. The lowest BCUT2D eigenvalue weighted by Gasteiger charge is -2.17. The maximum atomic E-state index is 4.87. The lowest BCUT2D eigenvalue weighted by molar-refractivity contribution is 0.876. The van der Waals surface area contributed by atoms with Crippen LogP contribution in [0, 0.1) is 0 Å². The van der Waals surface area contributed by atoms with Crippen molar-refractivity contribution >= 4 is 51.5 Å². The van der Waals surface area contributed by atoms with Crippen LogP contribution in [0.2, 0.25) is 0 Å². The summed E-state index contributed by atoms with van der Waals surface area (Å²) in [5.74, 6) is 0. The molecule has 2 N–H and O–H groups in total. The van der Waals surface area contributed by atoms with Gasteiger partial charge in [-0.05, 0) is 0 Å². The second-order valence-electron chi connectivity index (χ2n) is 1.60. The number of hydrazine groups is 1. The molecule has 0 spiro atoms. The fourth-order valence-corrected chi connectivity index (χ4v) is 1.07. The van der Waals surface area contributed by atoms with Crippen LogP contribution in [0.15, 0.2) is 0 Å². The molecule has 1 heterocycles. The van der Waals surface area contributed by atoms with Crippen LogP contribution < -0.4 is 10.9 Å². The Bertz CT molecular complexity index is 186. The molecule has 0 aliphatic carbocycles. The number of nitrogens with one attached hydrogen (secondary N) is 2. The minimum absolute atomic E-state index is 0.582. The predicted octanol–water partition coefficient (Wildman–Crippen LogP) is 0.509. The fourth-order valence-electron chi connectivity index (χ4n) is 0.466. The van der Waals surface area contributed by atoms with Gasteiger partial charge in [0, 0.05) is 6.42 Å². The van der Waals surface area contributed by atoms with Crippen LogP contribution in [0.1, 0.15) is 6.42 Å². The van der Waals surface area contributed by atoms with E-state index in [1.54, 1.807) is 0 Å². The second-order valence-corrected chi connectivity index (χ2v) is 3.00. The van der Waals surface area contributed by atoms with Gasteiger partial charge in [0.1, 0.15) is 4.99 Å². The highest BCUT2D eigenvalue weighted by molar-refractivity contribution is 7.89. The van der Waals surface area contributed by atoms with E-state index in [9.17, 15) is 0 Å². The lowest BCUT2D eigenvalue weighted by Crippen LogP contribution is -2.49. The molecular formula is C4H4N2S3. The van der Waals surface area contributed by atoms with Crippen molar-refractivity contribution in [1.82, 2.24) is 10.9 Å². The monoisotopic (exact) mass is 176 g/mol. The summed E-state index contributed by atoms with van der Waals surface area (Å²) in [5, 5.41) is 0. The highest BCUT2D eigenvalue weighted by atomic mass is 32.1. The quantitative estimate of drug-likeness (QED) is 0.524. The van der Waals surface area contributed by atoms with Gasteiger partial charge >= 0.3 is 0 Å². The molecule has 0 aromatic heterocycles. The first kappa shape index (κ1) is 6.98. The summed E-state index contributed by atoms with van der Waals surface area (Å²) in [7, 11) is 0. The summed E-state index contributed by atoms with van der Waals surface area (Å²) in [5.41, 5.74) is 5.40. The van der Waals surface area contributed by atoms with Gasteiger partial charge in [-0.3, -0.25) is 10.9 Å². The molecule has 1 rings (SSSR count). The van der Waals surface area contributed by atoms with Gasteiger partial charge in [-0.1, -0.05) is 36.7 Å². The first-order valence-corrected chi connectivity index (χ1v) is 3.54. The van der Waals surface area contributed by atoms with Crippen molar-refractivity contribution in [2.24, 2.45) is 0 Å². The third-order valence-corrected chi connectivity index (χ3v) is 1.96. The molecule has 0 radical (unpaired) electrons. The van der Waals surface area contributed by atoms with Crippen molar-refractivity contribution in [3.63, 3.8) is 0 Å². The van der Waals surface area contributed by atoms with Gasteiger partial charge in [0.2, 0.25) is 0 Å². The lowest BCUT2D eigenvalue weighted by atomic mass is 10.3. The molecule has 9 heavy (non-hydrogen) atoms. The number of thiocarbonyl (C=S) groups is 3. The molecule has 0 unspecified atom stereocenters. The van der Waals surface area contributed by atoms with Crippen LogP contribution in [-0.4, -0.2) is 14.8 Å². The SMILES string of the molecule is S=C1CC(=S)C(=S)NN1. The van der Waals surface area contributed by atoms with Crippen molar-refractivity contribution in [3.05, 3.63) is 0 Å². The Morgan fingerprint density at radius 2 is 1.78 bits per heavy atom. The normalized spacial score (nSPS) is 18.9. The highest BCUT2D eigenvalue weighted by Crippen LogP contribution is 1.95. The molecule has 1 aliphatic heterocycles. The Kier molecular flexibility index (Phi) is 2.05. The Morgan fingerprint density at radius 1 is 1.11 bits per heavy atom. The minimum Gasteiger partial charge on any atom is -0.293 e. The van der Waals surface area contributed by atoms with Crippen LogP contribution in [0.25, 0.3) is 0 Å². The molecule has 0 aromatic carbocycles. The fraction of sp³-hybridized carbons (Fsp3) is 0.250. The van der Waals surface area contributed by atoms with E-state index in [0.717, 1.165) is 0 Å². The summed E-state index contributed by atoms with van der Waals surface area (Å²) < 4.78 is 0. The Hall–Kier alpha value is -0.130. The molecule has 0 aromatic rings. The van der Waals surface area contributed by atoms with E-state index in [4.69, 9.17) is 36.7 Å². The van der Waals surface area contributed by atoms with E-state index in [1.165, 1.54) is 0 Å². The van der Waals surface area contributed by atoms with Crippen LogP contribution in [-0.2, 0) is 0 Å². The summed E-state index contributed by atoms with van der Waals surface area (Å²) in [4.78, 5) is 2.00. The average molecular weight is 176 g/mol. The summed E-state index contributed by atoms with van der Waals surface area (Å²) in [6.45, 7) is 0. The third-order valence-electron chi connectivity index (χ3n) is 0.890. The topological polar surface area (TPSA) is 24.1 Å². The van der Waals surface area contributed by atoms with E-state index < -0.39 is 0 Å². The maximum Gasteiger partial charge on any atom is 0.132 e. The van der Waals surface area contributed by atoms with E-state index in [2.05, 4.69) is 10.9 Å². The number of rotatable bonds is 0. The predicted molar refractivity (Wildman–Crippen MR) is 48.7 cm³/mol. The Balaban J connectivity index is 2.64. The van der Waals surface area contributed by atoms with Crippen LogP contribution in [0.4, 0.5) is 0 Å². The molecule has 1 aliphatic rings. The standard InChI is InChI=1S/C4H4N2S3/c7-2-1-3(8)5-6-4(2)9/h1H2,(H,5,8)(H,6,9). The Morgan fingerprint density at radius 3 is 2.22 bits per heavy atom. The first-order chi connectivity index (χ1) is 4.20. The minimum atomic E-state index is 0.582. The smallest absolute Gasteiger partial charge is 0.132 e. The number of hydrogen-bond acceptors (Lipinski definition) is 3. The van der Waals surface area contributed by atoms with E-state index in [1.807, 2.05) is 0 Å². The molecule has 0 atom stereocenters. The molecule has 1 saturated heterocycles.